The Bertz CT molecular complexity index is 1340. The minimum absolute atomic E-state index is 0.224. The zero-order valence-electron chi connectivity index (χ0n) is 15.1. The maximum absolute atomic E-state index is 13.0. The van der Waals surface area contributed by atoms with Gasteiger partial charge in [0.2, 0.25) is 5.91 Å². The van der Waals surface area contributed by atoms with Crippen molar-refractivity contribution < 1.29 is 13.2 Å². The Kier molecular flexibility index (Phi) is 3.85. The van der Waals surface area contributed by atoms with E-state index in [4.69, 9.17) is 0 Å². The third-order valence-electron chi connectivity index (χ3n) is 4.82. The molecule has 0 fully saturated rings. The van der Waals surface area contributed by atoms with Crippen LogP contribution in [0.3, 0.4) is 0 Å². The summed E-state index contributed by atoms with van der Waals surface area (Å²) in [5.74, 6) is -0.453. The van der Waals surface area contributed by atoms with Gasteiger partial charge in [-0.2, -0.15) is 0 Å². The maximum atomic E-state index is 13.0. The van der Waals surface area contributed by atoms with Crippen molar-refractivity contribution in [2.75, 3.05) is 16.2 Å². The number of carbonyl (C=O) groups is 1. The van der Waals surface area contributed by atoms with Crippen molar-refractivity contribution in [2.24, 2.45) is 0 Å². The number of anilines is 2. The van der Waals surface area contributed by atoms with Crippen LogP contribution in [0.2, 0.25) is 0 Å². The molecule has 0 unspecified atom stereocenters. The van der Waals surface area contributed by atoms with Gasteiger partial charge in [-0.05, 0) is 29.7 Å². The van der Waals surface area contributed by atoms with Crippen molar-refractivity contribution in [3.63, 3.8) is 0 Å². The second-order valence-corrected chi connectivity index (χ2v) is 8.39. The van der Waals surface area contributed by atoms with E-state index < -0.39 is 15.9 Å². The highest BCUT2D eigenvalue weighted by atomic mass is 32.2. The number of carbonyl (C=O) groups excluding carboxylic acids is 1. The highest BCUT2D eigenvalue weighted by Crippen LogP contribution is 2.41. The average molecular weight is 405 g/mol. The molecular formula is C20H15N5O3S. The number of aromatic nitrogens is 3. The Balaban J connectivity index is 1.47. The van der Waals surface area contributed by atoms with E-state index >= 15 is 0 Å². The van der Waals surface area contributed by atoms with Crippen LogP contribution in [0.4, 0.5) is 11.4 Å². The van der Waals surface area contributed by atoms with E-state index in [1.807, 2.05) is 18.2 Å². The lowest BCUT2D eigenvalue weighted by molar-refractivity contribution is -0.114. The summed E-state index contributed by atoms with van der Waals surface area (Å²) in [4.78, 5) is 13.0. The number of rotatable bonds is 4. The Morgan fingerprint density at radius 1 is 0.966 bits per heavy atom. The second-order valence-electron chi connectivity index (χ2n) is 6.56. The minimum atomic E-state index is -3.79. The first kappa shape index (κ1) is 17.4. The van der Waals surface area contributed by atoms with Crippen LogP contribution in [0.5, 0.6) is 0 Å². The average Bonchev–Trinajstić information content (AvgIpc) is 3.32. The molecule has 0 bridgehead atoms. The number of hydrogen-bond donors (Lipinski definition) is 1. The maximum Gasteiger partial charge on any atom is 0.265 e. The molecule has 1 aliphatic rings. The highest BCUT2D eigenvalue weighted by Gasteiger charge is 2.36. The summed E-state index contributed by atoms with van der Waals surface area (Å²) in [6.45, 7) is -0.332. The van der Waals surface area contributed by atoms with Crippen molar-refractivity contribution in [1.29, 1.82) is 0 Å². The molecule has 0 saturated carbocycles. The molecule has 0 radical (unpaired) electrons. The molecule has 0 saturated heterocycles. The summed E-state index contributed by atoms with van der Waals surface area (Å²) in [6.07, 6.45) is 3.19. The summed E-state index contributed by atoms with van der Waals surface area (Å²) >= 11 is 0. The molecule has 144 valence electrons. The molecule has 5 rings (SSSR count). The van der Waals surface area contributed by atoms with Crippen LogP contribution in [0.15, 0.2) is 78.0 Å². The molecule has 29 heavy (non-hydrogen) atoms. The lowest BCUT2D eigenvalue weighted by Crippen LogP contribution is -2.35. The standard InChI is InChI=1S/C20H15N5O3S/c26-19(22-15-7-1-2-8-16(15)24-12-11-21-23-24)13-25-17-9-3-5-14-6-4-10-18(20(14)17)29(25,27)28/h1-12H,13H2,(H,22,26). The van der Waals surface area contributed by atoms with Crippen molar-refractivity contribution in [3.05, 3.63) is 73.1 Å². The Morgan fingerprint density at radius 3 is 2.52 bits per heavy atom. The fourth-order valence-electron chi connectivity index (χ4n) is 3.56. The molecule has 1 N–H and O–H groups in total. The SMILES string of the molecule is O=C(CN1c2cccc3cccc(c23)S1(=O)=O)Nc1ccccc1-n1ccnn1. The molecule has 8 nitrogen and oxygen atoms in total. The molecule has 3 aromatic carbocycles. The van der Waals surface area contributed by atoms with Gasteiger partial charge >= 0.3 is 0 Å². The van der Waals surface area contributed by atoms with E-state index in [0.29, 0.717) is 22.4 Å². The van der Waals surface area contributed by atoms with Gasteiger partial charge in [0.1, 0.15) is 6.54 Å². The topological polar surface area (TPSA) is 97.2 Å². The third-order valence-corrected chi connectivity index (χ3v) is 6.62. The van der Waals surface area contributed by atoms with Crippen LogP contribution in [-0.2, 0) is 14.8 Å². The van der Waals surface area contributed by atoms with E-state index in [1.165, 1.54) is 10.9 Å². The van der Waals surface area contributed by atoms with Gasteiger partial charge in [-0.3, -0.25) is 9.10 Å². The minimum Gasteiger partial charge on any atom is -0.323 e. The zero-order chi connectivity index (χ0) is 20.0. The number of nitrogens with zero attached hydrogens (tertiary/aromatic N) is 4. The van der Waals surface area contributed by atoms with Gasteiger partial charge in [0, 0.05) is 5.39 Å². The van der Waals surface area contributed by atoms with E-state index in [9.17, 15) is 13.2 Å². The van der Waals surface area contributed by atoms with E-state index in [2.05, 4.69) is 15.6 Å². The van der Waals surface area contributed by atoms with Gasteiger partial charge in [-0.15, -0.1) is 5.10 Å². The lowest BCUT2D eigenvalue weighted by atomic mass is 10.1. The molecule has 2 heterocycles. The number of benzene rings is 3. The molecule has 4 aromatic rings. The van der Waals surface area contributed by atoms with Crippen LogP contribution in [0.1, 0.15) is 0 Å². The van der Waals surface area contributed by atoms with E-state index in [0.717, 1.165) is 9.69 Å². The van der Waals surface area contributed by atoms with Crippen LogP contribution < -0.4 is 9.62 Å². The first-order valence-electron chi connectivity index (χ1n) is 8.86. The fraction of sp³-hybridized carbons (Fsp3) is 0.0500. The van der Waals surface area contributed by atoms with E-state index in [-0.39, 0.29) is 11.4 Å². The van der Waals surface area contributed by atoms with Crippen LogP contribution in [-0.4, -0.2) is 35.9 Å². The predicted molar refractivity (Wildman–Crippen MR) is 108 cm³/mol. The number of amides is 1. The number of hydrogen-bond acceptors (Lipinski definition) is 5. The summed E-state index contributed by atoms with van der Waals surface area (Å²) in [5.41, 5.74) is 1.65. The summed E-state index contributed by atoms with van der Waals surface area (Å²) in [7, 11) is -3.79. The van der Waals surface area contributed by atoms with Crippen molar-refractivity contribution >= 4 is 38.1 Å². The number of sulfonamides is 1. The van der Waals surface area contributed by atoms with E-state index in [1.54, 1.807) is 48.7 Å². The Hall–Kier alpha value is -3.72. The molecule has 0 spiro atoms. The monoisotopic (exact) mass is 405 g/mol. The van der Waals surface area contributed by atoms with Crippen molar-refractivity contribution in [1.82, 2.24) is 15.0 Å². The number of para-hydroxylation sites is 2. The van der Waals surface area contributed by atoms with Gasteiger partial charge < -0.3 is 5.32 Å². The van der Waals surface area contributed by atoms with Gasteiger partial charge in [-0.1, -0.05) is 41.6 Å². The Morgan fingerprint density at radius 2 is 1.72 bits per heavy atom. The first-order valence-corrected chi connectivity index (χ1v) is 10.3. The molecule has 1 aliphatic heterocycles. The largest absolute Gasteiger partial charge is 0.323 e. The van der Waals surface area contributed by atoms with Gasteiger partial charge in [-0.25, -0.2) is 13.1 Å². The first-order chi connectivity index (χ1) is 14.1. The van der Waals surface area contributed by atoms with Crippen molar-refractivity contribution in [2.45, 2.75) is 4.90 Å². The second kappa shape index (κ2) is 6.42. The summed E-state index contributed by atoms with van der Waals surface area (Å²) in [5, 5.41) is 12.0. The van der Waals surface area contributed by atoms with Crippen LogP contribution in [0, 0.1) is 0 Å². The molecule has 0 aliphatic carbocycles. The third kappa shape index (κ3) is 2.74. The zero-order valence-corrected chi connectivity index (χ0v) is 15.9. The molecule has 1 amide bonds. The number of nitrogens with one attached hydrogen (secondary N) is 1. The van der Waals surface area contributed by atoms with Gasteiger partial charge in [0.25, 0.3) is 10.0 Å². The fourth-order valence-corrected chi connectivity index (χ4v) is 5.23. The molecular weight excluding hydrogens is 390 g/mol. The van der Waals surface area contributed by atoms with Crippen LogP contribution in [0.25, 0.3) is 16.5 Å². The van der Waals surface area contributed by atoms with Gasteiger partial charge in [0.15, 0.2) is 0 Å². The van der Waals surface area contributed by atoms with Gasteiger partial charge in [0.05, 0.1) is 34.4 Å². The summed E-state index contributed by atoms with van der Waals surface area (Å²) in [6, 6.07) is 17.6. The smallest absolute Gasteiger partial charge is 0.265 e. The molecule has 9 heteroatoms. The quantitative estimate of drug-likeness (QED) is 0.563. The molecule has 0 atom stereocenters. The normalized spacial score (nSPS) is 14.3. The van der Waals surface area contributed by atoms with Crippen LogP contribution >= 0.6 is 0 Å². The van der Waals surface area contributed by atoms with Crippen molar-refractivity contribution in [3.8, 4) is 5.69 Å². The lowest BCUT2D eigenvalue weighted by Gasteiger charge is -2.19. The Labute approximate surface area is 166 Å². The highest BCUT2D eigenvalue weighted by molar-refractivity contribution is 7.93. The summed E-state index contributed by atoms with van der Waals surface area (Å²) < 4.78 is 28.7. The predicted octanol–water partition coefficient (Wildman–Crippen LogP) is 2.57. The molecule has 1 aromatic heterocycles.